The van der Waals surface area contributed by atoms with Crippen LogP contribution in [0.5, 0.6) is 0 Å². The molecule has 0 bridgehead atoms. The molecule has 0 saturated carbocycles. The molecule has 1 aromatic carbocycles. The molecule has 9 heteroatoms. The Labute approximate surface area is 182 Å². The average molecular weight is 450 g/mol. The van der Waals surface area contributed by atoms with Gasteiger partial charge in [0, 0.05) is 29.1 Å². The third-order valence-electron chi connectivity index (χ3n) is 5.47. The quantitative estimate of drug-likeness (QED) is 0.615. The van der Waals surface area contributed by atoms with Gasteiger partial charge in [0.25, 0.3) is 5.56 Å². The van der Waals surface area contributed by atoms with Crippen molar-refractivity contribution in [2.75, 3.05) is 24.5 Å². The zero-order chi connectivity index (χ0) is 20.6. The Kier molecular flexibility index (Phi) is 5.75. The van der Waals surface area contributed by atoms with E-state index in [4.69, 9.17) is 28.9 Å². The SMILES string of the molecule is CC1(CN)CCN(c2nc3cncc(Sc4cccc(Cl)c4Cl)c3c(=O)[nH]2)CC1. The van der Waals surface area contributed by atoms with Crippen molar-refractivity contribution >= 4 is 51.8 Å². The zero-order valence-corrected chi connectivity index (χ0v) is 18.2. The Bertz CT molecular complexity index is 1110. The van der Waals surface area contributed by atoms with E-state index in [0.717, 1.165) is 30.8 Å². The maximum Gasteiger partial charge on any atom is 0.261 e. The molecule has 2 aromatic heterocycles. The van der Waals surface area contributed by atoms with Crippen molar-refractivity contribution in [2.24, 2.45) is 11.1 Å². The van der Waals surface area contributed by atoms with E-state index in [0.29, 0.717) is 38.3 Å². The van der Waals surface area contributed by atoms with Gasteiger partial charge in [-0.25, -0.2) is 4.98 Å². The number of nitrogens with zero attached hydrogens (tertiary/aromatic N) is 3. The number of nitrogens with two attached hydrogens (primary N) is 1. The highest BCUT2D eigenvalue weighted by Crippen LogP contribution is 2.38. The van der Waals surface area contributed by atoms with Gasteiger partial charge in [-0.1, -0.05) is 48.0 Å². The van der Waals surface area contributed by atoms with Crippen LogP contribution in [0.15, 0.2) is 45.2 Å². The summed E-state index contributed by atoms with van der Waals surface area (Å²) in [4.78, 5) is 28.4. The Hall–Kier alpha value is -1.80. The van der Waals surface area contributed by atoms with E-state index in [1.54, 1.807) is 18.5 Å². The Morgan fingerprint density at radius 2 is 2.00 bits per heavy atom. The van der Waals surface area contributed by atoms with Crippen molar-refractivity contribution in [1.29, 1.82) is 0 Å². The molecule has 1 aliphatic rings. The summed E-state index contributed by atoms with van der Waals surface area (Å²) in [7, 11) is 0. The first kappa shape index (κ1) is 20.5. The van der Waals surface area contributed by atoms with Crippen molar-refractivity contribution in [1.82, 2.24) is 15.0 Å². The summed E-state index contributed by atoms with van der Waals surface area (Å²) in [5.41, 5.74) is 6.41. The van der Waals surface area contributed by atoms with Crippen LogP contribution in [0, 0.1) is 5.41 Å². The second kappa shape index (κ2) is 8.14. The number of H-pyrrole nitrogens is 1. The van der Waals surface area contributed by atoms with Crippen LogP contribution < -0.4 is 16.2 Å². The second-order valence-corrected chi connectivity index (χ2v) is 9.45. The number of hydrogen-bond acceptors (Lipinski definition) is 6. The fraction of sp³-hybridized carbons (Fsp3) is 0.350. The largest absolute Gasteiger partial charge is 0.342 e. The van der Waals surface area contributed by atoms with Crippen molar-refractivity contribution in [3.05, 3.63) is 51.0 Å². The number of fused-ring (bicyclic) bond motifs is 1. The topological polar surface area (TPSA) is 87.9 Å². The molecule has 6 nitrogen and oxygen atoms in total. The van der Waals surface area contributed by atoms with Gasteiger partial charge in [0.2, 0.25) is 5.95 Å². The van der Waals surface area contributed by atoms with Gasteiger partial charge in [-0.3, -0.25) is 14.8 Å². The van der Waals surface area contributed by atoms with Gasteiger partial charge in [0.15, 0.2) is 0 Å². The first-order valence-corrected chi connectivity index (χ1v) is 10.9. The molecular formula is C20H21Cl2N5OS. The smallest absolute Gasteiger partial charge is 0.261 e. The number of piperidine rings is 1. The molecule has 3 N–H and O–H groups in total. The summed E-state index contributed by atoms with van der Waals surface area (Å²) in [5.74, 6) is 0.575. The maximum absolute atomic E-state index is 12.9. The Morgan fingerprint density at radius 1 is 1.24 bits per heavy atom. The van der Waals surface area contributed by atoms with Gasteiger partial charge in [-0.05, 0) is 36.9 Å². The van der Waals surface area contributed by atoms with Gasteiger partial charge in [0.05, 0.1) is 27.1 Å². The molecule has 1 fully saturated rings. The molecule has 3 aromatic rings. The van der Waals surface area contributed by atoms with Crippen LogP contribution in [0.3, 0.4) is 0 Å². The summed E-state index contributed by atoms with van der Waals surface area (Å²) >= 11 is 13.8. The first-order chi connectivity index (χ1) is 13.9. The van der Waals surface area contributed by atoms with E-state index in [-0.39, 0.29) is 11.0 Å². The summed E-state index contributed by atoms with van der Waals surface area (Å²) in [5, 5.41) is 1.41. The molecule has 152 valence electrons. The molecule has 0 atom stereocenters. The van der Waals surface area contributed by atoms with Crippen LogP contribution >= 0.6 is 35.0 Å². The average Bonchev–Trinajstić information content (AvgIpc) is 2.72. The van der Waals surface area contributed by atoms with Gasteiger partial charge in [-0.2, -0.15) is 0 Å². The molecule has 1 saturated heterocycles. The highest BCUT2D eigenvalue weighted by atomic mass is 35.5. The lowest BCUT2D eigenvalue weighted by molar-refractivity contribution is 0.257. The number of rotatable bonds is 4. The summed E-state index contributed by atoms with van der Waals surface area (Å²) < 4.78 is 0. The number of anilines is 1. The van der Waals surface area contributed by atoms with E-state index in [1.807, 2.05) is 12.1 Å². The number of nitrogens with one attached hydrogen (secondary N) is 1. The number of benzene rings is 1. The van der Waals surface area contributed by atoms with Crippen molar-refractivity contribution in [3.63, 3.8) is 0 Å². The molecule has 4 rings (SSSR count). The van der Waals surface area contributed by atoms with Crippen molar-refractivity contribution in [3.8, 4) is 0 Å². The summed E-state index contributed by atoms with van der Waals surface area (Å²) in [6, 6.07) is 5.40. The molecule has 0 amide bonds. The predicted molar refractivity (Wildman–Crippen MR) is 119 cm³/mol. The Balaban J connectivity index is 1.68. The lowest BCUT2D eigenvalue weighted by atomic mass is 9.81. The van der Waals surface area contributed by atoms with Crippen LogP contribution in [0.4, 0.5) is 5.95 Å². The fourth-order valence-electron chi connectivity index (χ4n) is 3.42. The van der Waals surface area contributed by atoms with Crippen LogP contribution in [0.2, 0.25) is 10.0 Å². The zero-order valence-electron chi connectivity index (χ0n) is 15.9. The lowest BCUT2D eigenvalue weighted by Crippen LogP contribution is -2.43. The molecular weight excluding hydrogens is 429 g/mol. The fourth-order valence-corrected chi connectivity index (χ4v) is 4.89. The number of aromatic nitrogens is 3. The summed E-state index contributed by atoms with van der Waals surface area (Å²) in [6.45, 7) is 4.48. The van der Waals surface area contributed by atoms with E-state index >= 15 is 0 Å². The van der Waals surface area contributed by atoms with Crippen LogP contribution in [-0.2, 0) is 0 Å². The van der Waals surface area contributed by atoms with Gasteiger partial charge in [-0.15, -0.1) is 0 Å². The predicted octanol–water partition coefficient (Wildman–Crippen LogP) is 4.34. The van der Waals surface area contributed by atoms with E-state index in [2.05, 4.69) is 26.8 Å². The van der Waals surface area contributed by atoms with Crippen molar-refractivity contribution < 1.29 is 0 Å². The number of halogens is 2. The molecule has 0 spiro atoms. The van der Waals surface area contributed by atoms with Crippen LogP contribution in [0.25, 0.3) is 10.9 Å². The molecule has 0 unspecified atom stereocenters. The third kappa shape index (κ3) is 4.10. The van der Waals surface area contributed by atoms with E-state index in [1.165, 1.54) is 11.8 Å². The Morgan fingerprint density at radius 3 is 2.72 bits per heavy atom. The molecule has 0 aliphatic carbocycles. The van der Waals surface area contributed by atoms with E-state index < -0.39 is 0 Å². The minimum absolute atomic E-state index is 0.148. The number of hydrogen-bond donors (Lipinski definition) is 2. The van der Waals surface area contributed by atoms with Gasteiger partial charge in [0.1, 0.15) is 0 Å². The second-order valence-electron chi connectivity index (χ2n) is 7.58. The van der Waals surface area contributed by atoms with Crippen molar-refractivity contribution in [2.45, 2.75) is 29.6 Å². The van der Waals surface area contributed by atoms with Crippen LogP contribution in [0.1, 0.15) is 19.8 Å². The monoisotopic (exact) mass is 449 g/mol. The van der Waals surface area contributed by atoms with Gasteiger partial charge < -0.3 is 10.6 Å². The first-order valence-electron chi connectivity index (χ1n) is 9.35. The number of pyridine rings is 1. The number of aromatic amines is 1. The maximum atomic E-state index is 12.9. The molecule has 29 heavy (non-hydrogen) atoms. The highest BCUT2D eigenvalue weighted by Gasteiger charge is 2.29. The minimum Gasteiger partial charge on any atom is -0.342 e. The van der Waals surface area contributed by atoms with E-state index in [9.17, 15) is 4.79 Å². The highest BCUT2D eigenvalue weighted by molar-refractivity contribution is 7.99. The standard InChI is InChI=1S/C20H21Cl2N5OS/c1-20(11-23)5-7-27(8-6-20)19-25-13-9-24-10-15(16(13)18(28)26-19)29-14-4-2-3-12(21)17(14)22/h2-4,9-10H,5-8,11,23H2,1H3,(H,25,26,28). The third-order valence-corrected chi connectivity index (χ3v) is 7.49. The molecule has 0 radical (unpaired) electrons. The van der Waals surface area contributed by atoms with Crippen LogP contribution in [-0.4, -0.2) is 34.6 Å². The lowest BCUT2D eigenvalue weighted by Gasteiger charge is -2.38. The normalized spacial score (nSPS) is 16.3. The minimum atomic E-state index is -0.194. The molecule has 1 aliphatic heterocycles. The summed E-state index contributed by atoms with van der Waals surface area (Å²) in [6.07, 6.45) is 5.19. The molecule has 3 heterocycles. The van der Waals surface area contributed by atoms with Gasteiger partial charge >= 0.3 is 0 Å².